The number of amides is 1. The predicted molar refractivity (Wildman–Crippen MR) is 105 cm³/mol. The molecule has 0 radical (unpaired) electrons. The molecule has 2 fully saturated rings. The lowest BCUT2D eigenvalue weighted by Gasteiger charge is -2.26. The van der Waals surface area contributed by atoms with E-state index in [1.807, 2.05) is 0 Å². The molecule has 1 aromatic carbocycles. The summed E-state index contributed by atoms with van der Waals surface area (Å²) in [6.45, 7) is 4.88. The lowest BCUT2D eigenvalue weighted by molar-refractivity contribution is 0.0946. The predicted octanol–water partition coefficient (Wildman–Crippen LogP) is 0.933. The van der Waals surface area contributed by atoms with Crippen molar-refractivity contribution in [3.63, 3.8) is 0 Å². The minimum atomic E-state index is -3.62. The zero-order valence-corrected chi connectivity index (χ0v) is 16.6. The van der Waals surface area contributed by atoms with Gasteiger partial charge in [0.05, 0.1) is 4.90 Å². The molecule has 1 atom stereocenters. The van der Waals surface area contributed by atoms with Crippen LogP contribution in [-0.2, 0) is 10.0 Å². The summed E-state index contributed by atoms with van der Waals surface area (Å²) in [6.07, 6.45) is 5.77. The number of nitrogens with zero attached hydrogens (tertiary/aromatic N) is 1. The molecule has 150 valence electrons. The van der Waals surface area contributed by atoms with E-state index in [2.05, 4.69) is 20.3 Å². The fourth-order valence-electron chi connectivity index (χ4n) is 3.64. The Hall–Kier alpha value is -1.48. The molecule has 1 amide bonds. The molecule has 2 heterocycles. The minimum absolute atomic E-state index is 0.129. The molecule has 2 aliphatic heterocycles. The van der Waals surface area contributed by atoms with Crippen molar-refractivity contribution in [2.75, 3.05) is 39.3 Å². The van der Waals surface area contributed by atoms with Crippen LogP contribution >= 0.6 is 0 Å². The van der Waals surface area contributed by atoms with Crippen molar-refractivity contribution in [3.8, 4) is 0 Å². The number of carbonyl (C=O) groups excluding carboxylic acids is 1. The van der Waals surface area contributed by atoms with E-state index in [1.165, 1.54) is 31.4 Å². The Labute approximate surface area is 161 Å². The van der Waals surface area contributed by atoms with Crippen LogP contribution in [0.15, 0.2) is 29.2 Å². The Bertz CT molecular complexity index is 726. The van der Waals surface area contributed by atoms with Gasteiger partial charge in [0.2, 0.25) is 10.0 Å². The maximum Gasteiger partial charge on any atom is 0.251 e. The first-order chi connectivity index (χ1) is 13.0. The molecule has 0 aromatic heterocycles. The number of piperidine rings is 1. The van der Waals surface area contributed by atoms with Gasteiger partial charge in [-0.15, -0.1) is 0 Å². The van der Waals surface area contributed by atoms with Crippen molar-refractivity contribution >= 4 is 15.9 Å². The highest BCUT2D eigenvalue weighted by atomic mass is 32.2. The molecule has 0 bridgehead atoms. The highest BCUT2D eigenvalue weighted by molar-refractivity contribution is 7.89. The van der Waals surface area contributed by atoms with Gasteiger partial charge in [0.15, 0.2) is 0 Å². The SMILES string of the molecule is O=C(NCCN1CCCCC1)c1cccc(S(=O)(=O)NC[C@@H]2CCCN2)c1. The van der Waals surface area contributed by atoms with Gasteiger partial charge >= 0.3 is 0 Å². The molecular weight excluding hydrogens is 364 g/mol. The van der Waals surface area contributed by atoms with Gasteiger partial charge in [-0.2, -0.15) is 0 Å². The highest BCUT2D eigenvalue weighted by Crippen LogP contribution is 2.13. The van der Waals surface area contributed by atoms with Crippen molar-refractivity contribution in [2.24, 2.45) is 0 Å². The van der Waals surface area contributed by atoms with Crippen LogP contribution in [0.2, 0.25) is 0 Å². The number of likely N-dealkylation sites (tertiary alicyclic amines) is 1. The van der Waals surface area contributed by atoms with Gasteiger partial charge in [-0.25, -0.2) is 13.1 Å². The number of hydrogen-bond donors (Lipinski definition) is 3. The maximum atomic E-state index is 12.5. The molecule has 8 heteroatoms. The van der Waals surface area contributed by atoms with Gasteiger partial charge in [0, 0.05) is 31.2 Å². The van der Waals surface area contributed by atoms with Crippen molar-refractivity contribution in [1.29, 1.82) is 0 Å². The molecule has 3 rings (SSSR count). The summed E-state index contributed by atoms with van der Waals surface area (Å²) in [5.41, 5.74) is 0.371. The van der Waals surface area contributed by atoms with E-state index in [0.29, 0.717) is 18.7 Å². The van der Waals surface area contributed by atoms with Gasteiger partial charge in [-0.3, -0.25) is 4.79 Å². The summed E-state index contributed by atoms with van der Waals surface area (Å²) >= 11 is 0. The smallest absolute Gasteiger partial charge is 0.251 e. The van der Waals surface area contributed by atoms with E-state index in [0.717, 1.165) is 39.0 Å². The number of nitrogens with one attached hydrogen (secondary N) is 3. The van der Waals surface area contributed by atoms with Gasteiger partial charge in [-0.1, -0.05) is 12.5 Å². The first kappa shape index (κ1) is 20.3. The van der Waals surface area contributed by atoms with Crippen molar-refractivity contribution < 1.29 is 13.2 Å². The summed E-state index contributed by atoms with van der Waals surface area (Å²) in [7, 11) is -3.62. The normalized spacial score (nSPS) is 21.3. The summed E-state index contributed by atoms with van der Waals surface area (Å²) in [5.74, 6) is -0.235. The van der Waals surface area contributed by atoms with E-state index in [9.17, 15) is 13.2 Å². The van der Waals surface area contributed by atoms with Crippen LogP contribution in [0.3, 0.4) is 0 Å². The van der Waals surface area contributed by atoms with Gasteiger partial charge in [-0.05, 0) is 63.5 Å². The number of rotatable bonds is 8. The summed E-state index contributed by atoms with van der Waals surface area (Å²) in [5, 5.41) is 6.16. The Morgan fingerprint density at radius 2 is 2.00 bits per heavy atom. The molecular formula is C19H30N4O3S. The number of benzene rings is 1. The average molecular weight is 395 g/mol. The fourth-order valence-corrected chi connectivity index (χ4v) is 4.77. The average Bonchev–Trinajstić information content (AvgIpc) is 3.21. The van der Waals surface area contributed by atoms with E-state index in [4.69, 9.17) is 0 Å². The van der Waals surface area contributed by atoms with Crippen LogP contribution in [0.4, 0.5) is 0 Å². The Morgan fingerprint density at radius 1 is 1.19 bits per heavy atom. The highest BCUT2D eigenvalue weighted by Gasteiger charge is 2.20. The minimum Gasteiger partial charge on any atom is -0.351 e. The summed E-state index contributed by atoms with van der Waals surface area (Å²) < 4.78 is 27.7. The molecule has 27 heavy (non-hydrogen) atoms. The van der Waals surface area contributed by atoms with Crippen LogP contribution < -0.4 is 15.4 Å². The zero-order valence-electron chi connectivity index (χ0n) is 15.7. The van der Waals surface area contributed by atoms with Gasteiger partial charge in [0.25, 0.3) is 5.91 Å². The second-order valence-corrected chi connectivity index (χ2v) is 9.10. The van der Waals surface area contributed by atoms with Crippen molar-refractivity contribution in [1.82, 2.24) is 20.3 Å². The maximum absolute atomic E-state index is 12.5. The lowest BCUT2D eigenvalue weighted by Crippen LogP contribution is -2.38. The van der Waals surface area contributed by atoms with E-state index in [-0.39, 0.29) is 16.8 Å². The first-order valence-electron chi connectivity index (χ1n) is 9.88. The largest absolute Gasteiger partial charge is 0.351 e. The molecule has 2 aliphatic rings. The van der Waals surface area contributed by atoms with Crippen molar-refractivity contribution in [2.45, 2.75) is 43.0 Å². The van der Waals surface area contributed by atoms with E-state index < -0.39 is 10.0 Å². The zero-order chi connectivity index (χ0) is 19.1. The molecule has 0 unspecified atom stereocenters. The molecule has 0 spiro atoms. The fraction of sp³-hybridized carbons (Fsp3) is 0.632. The first-order valence-corrected chi connectivity index (χ1v) is 11.4. The molecule has 0 aliphatic carbocycles. The van der Waals surface area contributed by atoms with Crippen LogP contribution in [-0.4, -0.2) is 64.5 Å². The van der Waals surface area contributed by atoms with Crippen LogP contribution in [0.5, 0.6) is 0 Å². The molecule has 1 aromatic rings. The second-order valence-electron chi connectivity index (χ2n) is 7.33. The van der Waals surface area contributed by atoms with E-state index >= 15 is 0 Å². The van der Waals surface area contributed by atoms with E-state index in [1.54, 1.807) is 12.1 Å². The van der Waals surface area contributed by atoms with Crippen LogP contribution in [0.1, 0.15) is 42.5 Å². The molecule has 7 nitrogen and oxygen atoms in total. The standard InChI is InChI=1S/C19H30N4O3S/c24-19(21-10-13-23-11-2-1-3-12-23)16-6-4-8-18(14-16)27(25,26)22-15-17-7-5-9-20-17/h4,6,8,14,17,20,22H,1-3,5,7,9-13,15H2,(H,21,24)/t17-/m0/s1. The molecule has 3 N–H and O–H groups in total. The third-order valence-corrected chi connectivity index (χ3v) is 6.67. The Balaban J connectivity index is 1.52. The summed E-state index contributed by atoms with van der Waals surface area (Å²) in [6, 6.07) is 6.41. The Morgan fingerprint density at radius 3 is 2.74 bits per heavy atom. The third-order valence-electron chi connectivity index (χ3n) is 5.25. The Kier molecular flexibility index (Phi) is 7.23. The van der Waals surface area contributed by atoms with Gasteiger partial charge in [0.1, 0.15) is 0 Å². The van der Waals surface area contributed by atoms with Crippen LogP contribution in [0, 0.1) is 0 Å². The lowest BCUT2D eigenvalue weighted by atomic mass is 10.1. The van der Waals surface area contributed by atoms with Crippen molar-refractivity contribution in [3.05, 3.63) is 29.8 Å². The quantitative estimate of drug-likeness (QED) is 0.610. The van der Waals surface area contributed by atoms with Crippen LogP contribution in [0.25, 0.3) is 0 Å². The number of sulfonamides is 1. The molecule has 2 saturated heterocycles. The number of carbonyl (C=O) groups is 1. The monoisotopic (exact) mass is 394 g/mol. The second kappa shape index (κ2) is 9.64. The third kappa shape index (κ3) is 6.00. The number of hydrogen-bond acceptors (Lipinski definition) is 5. The summed E-state index contributed by atoms with van der Waals surface area (Å²) in [4.78, 5) is 14.9. The van der Waals surface area contributed by atoms with Gasteiger partial charge < -0.3 is 15.5 Å². The molecule has 0 saturated carbocycles. The topological polar surface area (TPSA) is 90.5 Å².